The number of methoxy groups -OCH3 is 1. The number of fused-ring (bicyclic) bond motifs is 1. The van der Waals surface area contributed by atoms with Gasteiger partial charge in [0.1, 0.15) is 11.5 Å². The molecule has 32 heavy (non-hydrogen) atoms. The number of carbonyl (C=O) groups is 1. The maximum absolute atomic E-state index is 12.7. The summed E-state index contributed by atoms with van der Waals surface area (Å²) in [7, 11) is 1.64. The van der Waals surface area contributed by atoms with E-state index in [0.29, 0.717) is 5.75 Å². The second-order valence-corrected chi connectivity index (χ2v) is 11.0. The fraction of sp³-hybridized carbons (Fsp3) is 0.759. The third-order valence-corrected chi connectivity index (χ3v) is 9.03. The van der Waals surface area contributed by atoms with E-state index in [0.717, 1.165) is 48.2 Å². The summed E-state index contributed by atoms with van der Waals surface area (Å²) < 4.78 is 10.8. The maximum atomic E-state index is 12.7. The molecule has 0 amide bonds. The Morgan fingerprint density at radius 3 is 2.06 bits per heavy atom. The van der Waals surface area contributed by atoms with Crippen molar-refractivity contribution in [2.45, 2.75) is 96.8 Å². The Morgan fingerprint density at radius 2 is 1.38 bits per heavy atom. The van der Waals surface area contributed by atoms with Crippen LogP contribution in [0.4, 0.5) is 0 Å². The molecular weight excluding hydrogens is 396 g/mol. The minimum absolute atomic E-state index is 0.0429. The third-order valence-electron chi connectivity index (χ3n) is 9.03. The molecule has 3 heteroatoms. The topological polar surface area (TPSA) is 35.5 Å². The van der Waals surface area contributed by atoms with Crippen LogP contribution in [0.3, 0.4) is 0 Å². The van der Waals surface area contributed by atoms with E-state index in [1.807, 2.05) is 24.3 Å². The van der Waals surface area contributed by atoms with Crippen molar-refractivity contribution in [2.75, 3.05) is 7.11 Å². The Bertz CT molecular complexity index is 704. The minimum Gasteiger partial charge on any atom is -0.497 e. The highest BCUT2D eigenvalue weighted by Crippen LogP contribution is 2.49. The van der Waals surface area contributed by atoms with Crippen molar-refractivity contribution in [3.63, 3.8) is 0 Å². The lowest BCUT2D eigenvalue weighted by molar-refractivity contribution is -0.140. The number of hydrogen-bond acceptors (Lipinski definition) is 3. The predicted octanol–water partition coefficient (Wildman–Crippen LogP) is 7.82. The molecule has 0 saturated heterocycles. The van der Waals surface area contributed by atoms with Crippen LogP contribution in [0.15, 0.2) is 24.3 Å². The molecule has 3 nitrogen and oxygen atoms in total. The first-order chi connectivity index (χ1) is 15.7. The Labute approximate surface area is 195 Å². The number of rotatable bonds is 8. The monoisotopic (exact) mass is 440 g/mol. The summed E-state index contributed by atoms with van der Waals surface area (Å²) >= 11 is 0. The summed E-state index contributed by atoms with van der Waals surface area (Å²) in [4.78, 5) is 12.7. The lowest BCUT2D eigenvalue weighted by Crippen LogP contribution is -2.35. The molecule has 0 aliphatic heterocycles. The van der Waals surface area contributed by atoms with E-state index < -0.39 is 0 Å². The smallest absolute Gasteiger partial charge is 0.314 e. The fourth-order valence-electron chi connectivity index (χ4n) is 7.07. The van der Waals surface area contributed by atoms with Gasteiger partial charge < -0.3 is 9.47 Å². The van der Waals surface area contributed by atoms with Gasteiger partial charge in [-0.1, -0.05) is 39.0 Å². The minimum atomic E-state index is -0.0429. The molecule has 0 aromatic heterocycles. The molecule has 3 aliphatic carbocycles. The molecule has 3 aliphatic rings. The first kappa shape index (κ1) is 23.6. The van der Waals surface area contributed by atoms with E-state index in [2.05, 4.69) is 6.92 Å². The summed E-state index contributed by atoms with van der Waals surface area (Å²) in [5.41, 5.74) is 0. The molecule has 3 saturated carbocycles. The summed E-state index contributed by atoms with van der Waals surface area (Å²) in [5.74, 6) is 6.21. The molecule has 1 aromatic carbocycles. The SMILES string of the molecule is CCCCCC1CCC2CC(C3CCC(C(=O)Oc4ccc(OC)cc4)CC3)CCC2C1. The lowest BCUT2D eigenvalue weighted by Gasteiger charge is -2.45. The second-order valence-electron chi connectivity index (χ2n) is 11.0. The van der Waals surface area contributed by atoms with Crippen molar-refractivity contribution in [1.29, 1.82) is 0 Å². The van der Waals surface area contributed by atoms with E-state index in [1.54, 1.807) is 7.11 Å². The molecule has 0 bridgehead atoms. The van der Waals surface area contributed by atoms with Crippen LogP contribution in [-0.2, 0) is 4.79 Å². The fourth-order valence-corrected chi connectivity index (χ4v) is 7.07. The molecule has 178 valence electrons. The van der Waals surface area contributed by atoms with Crippen LogP contribution in [0, 0.1) is 35.5 Å². The van der Waals surface area contributed by atoms with Gasteiger partial charge in [0.25, 0.3) is 0 Å². The summed E-state index contributed by atoms with van der Waals surface area (Å²) in [6.07, 6.45) is 19.0. The average molecular weight is 441 g/mol. The van der Waals surface area contributed by atoms with Gasteiger partial charge in [-0.25, -0.2) is 0 Å². The van der Waals surface area contributed by atoms with Crippen LogP contribution >= 0.6 is 0 Å². The first-order valence-electron chi connectivity index (χ1n) is 13.5. The Morgan fingerprint density at radius 1 is 0.781 bits per heavy atom. The molecule has 4 atom stereocenters. The van der Waals surface area contributed by atoms with Gasteiger partial charge in [0.15, 0.2) is 0 Å². The van der Waals surface area contributed by atoms with Gasteiger partial charge in [0, 0.05) is 0 Å². The van der Waals surface area contributed by atoms with Gasteiger partial charge in [0.05, 0.1) is 13.0 Å². The van der Waals surface area contributed by atoms with Gasteiger partial charge in [-0.3, -0.25) is 4.79 Å². The lowest BCUT2D eigenvalue weighted by atomic mass is 9.60. The first-order valence-corrected chi connectivity index (χ1v) is 13.5. The van der Waals surface area contributed by atoms with E-state index in [9.17, 15) is 4.79 Å². The largest absolute Gasteiger partial charge is 0.497 e. The van der Waals surface area contributed by atoms with Crippen molar-refractivity contribution in [3.8, 4) is 11.5 Å². The summed E-state index contributed by atoms with van der Waals surface area (Å²) in [5, 5.41) is 0. The normalized spacial score (nSPS) is 32.7. The van der Waals surface area contributed by atoms with Crippen molar-refractivity contribution in [2.24, 2.45) is 35.5 Å². The quantitative estimate of drug-likeness (QED) is 0.235. The standard InChI is InChI=1S/C29H44O3/c1-3-4-5-6-21-7-8-26-20-25(14-13-24(26)19-21)22-9-11-23(12-10-22)29(30)32-28-17-15-27(31-2)16-18-28/h15-18,21-26H,3-14,19-20H2,1-2H3. The highest BCUT2D eigenvalue weighted by Gasteiger charge is 2.39. The number of carbonyl (C=O) groups excluding carboxylic acids is 1. The molecule has 0 radical (unpaired) electrons. The van der Waals surface area contributed by atoms with Crippen molar-refractivity contribution >= 4 is 5.97 Å². The molecule has 0 spiro atoms. The van der Waals surface area contributed by atoms with E-state index in [-0.39, 0.29) is 11.9 Å². The van der Waals surface area contributed by atoms with E-state index >= 15 is 0 Å². The number of esters is 1. The van der Waals surface area contributed by atoms with Gasteiger partial charge in [-0.05, 0) is 112 Å². The average Bonchev–Trinajstić information content (AvgIpc) is 2.84. The van der Waals surface area contributed by atoms with Crippen molar-refractivity contribution in [1.82, 2.24) is 0 Å². The zero-order valence-electron chi connectivity index (χ0n) is 20.4. The number of benzene rings is 1. The van der Waals surface area contributed by atoms with Crippen molar-refractivity contribution < 1.29 is 14.3 Å². The van der Waals surface area contributed by atoms with Crippen LogP contribution in [0.2, 0.25) is 0 Å². The highest BCUT2D eigenvalue weighted by molar-refractivity contribution is 5.75. The number of hydrogen-bond donors (Lipinski definition) is 0. The van der Waals surface area contributed by atoms with Gasteiger partial charge >= 0.3 is 5.97 Å². The molecule has 1 aromatic rings. The van der Waals surface area contributed by atoms with Crippen molar-refractivity contribution in [3.05, 3.63) is 24.3 Å². The van der Waals surface area contributed by atoms with Crippen LogP contribution < -0.4 is 9.47 Å². The third kappa shape index (κ3) is 6.08. The molecule has 3 fully saturated rings. The zero-order valence-corrected chi connectivity index (χ0v) is 20.4. The van der Waals surface area contributed by atoms with Crippen LogP contribution in [0.5, 0.6) is 11.5 Å². The highest BCUT2D eigenvalue weighted by atomic mass is 16.5. The second kappa shape index (κ2) is 11.6. The Balaban J connectivity index is 1.19. The summed E-state index contributed by atoms with van der Waals surface area (Å²) in [6, 6.07) is 7.32. The maximum Gasteiger partial charge on any atom is 0.314 e. The molecule has 4 rings (SSSR count). The van der Waals surface area contributed by atoms with Gasteiger partial charge in [0.2, 0.25) is 0 Å². The predicted molar refractivity (Wildman–Crippen MR) is 130 cm³/mol. The number of unbranched alkanes of at least 4 members (excludes halogenated alkanes) is 2. The Hall–Kier alpha value is -1.51. The number of ether oxygens (including phenoxy) is 2. The molecule has 0 N–H and O–H groups in total. The van der Waals surface area contributed by atoms with Crippen LogP contribution in [0.1, 0.15) is 96.8 Å². The molecule has 4 unspecified atom stereocenters. The van der Waals surface area contributed by atoms with Gasteiger partial charge in [-0.15, -0.1) is 0 Å². The van der Waals surface area contributed by atoms with Crippen LogP contribution in [-0.4, -0.2) is 13.1 Å². The van der Waals surface area contributed by atoms with Gasteiger partial charge in [-0.2, -0.15) is 0 Å². The molecule has 0 heterocycles. The molecular formula is C29H44O3. The van der Waals surface area contributed by atoms with E-state index in [4.69, 9.17) is 9.47 Å². The summed E-state index contributed by atoms with van der Waals surface area (Å²) in [6.45, 7) is 2.31. The zero-order chi connectivity index (χ0) is 22.3. The van der Waals surface area contributed by atoms with Crippen LogP contribution in [0.25, 0.3) is 0 Å². The Kier molecular flexibility index (Phi) is 8.55. The van der Waals surface area contributed by atoms with E-state index in [1.165, 1.54) is 77.0 Å².